The summed E-state index contributed by atoms with van der Waals surface area (Å²) in [6.07, 6.45) is 0. The first-order valence-electron chi connectivity index (χ1n) is 10.3. The van der Waals surface area contributed by atoms with Gasteiger partial charge in [-0.15, -0.1) is 0 Å². The molecule has 1 unspecified atom stereocenters. The van der Waals surface area contributed by atoms with Gasteiger partial charge in [-0.25, -0.2) is 0 Å². The number of ether oxygens (including phenoxy) is 2. The molecule has 4 heteroatoms. The Morgan fingerprint density at radius 2 is 1.45 bits per heavy atom. The average molecular weight is 405 g/mol. The minimum Gasteiger partial charge on any atom is -0.454 e. The second-order valence-corrected chi connectivity index (χ2v) is 7.66. The third-order valence-corrected chi connectivity index (χ3v) is 5.92. The number of fused-ring (bicyclic) bond motifs is 4. The molecule has 0 saturated heterocycles. The van der Waals surface area contributed by atoms with Crippen LogP contribution < -0.4 is 14.4 Å². The van der Waals surface area contributed by atoms with Gasteiger partial charge in [-0.05, 0) is 47.0 Å². The van der Waals surface area contributed by atoms with Gasteiger partial charge >= 0.3 is 0 Å². The zero-order chi connectivity index (χ0) is 20.8. The van der Waals surface area contributed by atoms with Gasteiger partial charge in [-0.1, -0.05) is 66.7 Å². The standard InChI is InChI=1S/C27H19NO3/c29-27(18-8-2-1-3-9-18)28-23-13-7-6-11-21(23)20-10-4-5-12-22(20)26(28)19-14-15-24-25(16-19)31-17-30-24/h1-16,26H,17H2. The smallest absolute Gasteiger partial charge is 0.259 e. The number of carbonyl (C=O) groups excluding carboxylic acids is 1. The van der Waals surface area contributed by atoms with Crippen LogP contribution in [0.2, 0.25) is 0 Å². The highest BCUT2D eigenvalue weighted by Gasteiger charge is 2.36. The first-order valence-corrected chi connectivity index (χ1v) is 10.3. The topological polar surface area (TPSA) is 38.8 Å². The van der Waals surface area contributed by atoms with E-state index in [1.54, 1.807) is 0 Å². The molecule has 4 nitrogen and oxygen atoms in total. The molecule has 150 valence electrons. The van der Waals surface area contributed by atoms with Crippen LogP contribution in [0.3, 0.4) is 0 Å². The maximum atomic E-state index is 13.9. The fourth-order valence-corrected chi connectivity index (χ4v) is 4.53. The van der Waals surface area contributed by atoms with Crippen molar-refractivity contribution >= 4 is 11.6 Å². The molecule has 4 aromatic rings. The molecule has 0 N–H and O–H groups in total. The highest BCUT2D eigenvalue weighted by molar-refractivity contribution is 6.10. The number of benzene rings is 4. The molecule has 2 aliphatic rings. The van der Waals surface area contributed by atoms with Crippen molar-refractivity contribution in [2.24, 2.45) is 0 Å². The number of amides is 1. The largest absolute Gasteiger partial charge is 0.454 e. The molecule has 4 aromatic carbocycles. The van der Waals surface area contributed by atoms with E-state index in [0.717, 1.165) is 33.7 Å². The van der Waals surface area contributed by atoms with Crippen LogP contribution in [0.15, 0.2) is 97.1 Å². The van der Waals surface area contributed by atoms with Gasteiger partial charge in [-0.3, -0.25) is 9.69 Å². The molecule has 0 radical (unpaired) electrons. The Morgan fingerprint density at radius 1 is 0.742 bits per heavy atom. The van der Waals surface area contributed by atoms with Crippen molar-refractivity contribution in [2.45, 2.75) is 6.04 Å². The minimum atomic E-state index is -0.284. The molecule has 1 amide bonds. The summed E-state index contributed by atoms with van der Waals surface area (Å²) in [5, 5.41) is 0. The maximum absolute atomic E-state index is 13.9. The molecule has 0 fully saturated rings. The molecule has 0 aliphatic carbocycles. The van der Waals surface area contributed by atoms with Gasteiger partial charge in [0.2, 0.25) is 6.79 Å². The molecule has 0 spiro atoms. The first kappa shape index (κ1) is 17.8. The third kappa shape index (κ3) is 2.80. The Hall–Kier alpha value is -4.05. The van der Waals surface area contributed by atoms with Crippen molar-refractivity contribution < 1.29 is 14.3 Å². The summed E-state index contributed by atoms with van der Waals surface area (Å²) in [6.45, 7) is 0.218. The van der Waals surface area contributed by atoms with E-state index >= 15 is 0 Å². The van der Waals surface area contributed by atoms with E-state index in [1.807, 2.05) is 83.8 Å². The Balaban J connectivity index is 1.60. The molecule has 0 aromatic heterocycles. The average Bonchev–Trinajstić information content (AvgIpc) is 3.31. The van der Waals surface area contributed by atoms with Crippen molar-refractivity contribution in [1.82, 2.24) is 0 Å². The zero-order valence-corrected chi connectivity index (χ0v) is 16.7. The van der Waals surface area contributed by atoms with Crippen molar-refractivity contribution in [3.8, 4) is 22.6 Å². The van der Waals surface area contributed by atoms with Gasteiger partial charge in [0.1, 0.15) is 0 Å². The number of anilines is 1. The van der Waals surface area contributed by atoms with Crippen LogP contribution in [0.25, 0.3) is 11.1 Å². The van der Waals surface area contributed by atoms with Crippen LogP contribution >= 0.6 is 0 Å². The first-order chi connectivity index (χ1) is 15.3. The van der Waals surface area contributed by atoms with Crippen LogP contribution in [0.1, 0.15) is 27.5 Å². The predicted octanol–water partition coefficient (Wildman–Crippen LogP) is 5.83. The van der Waals surface area contributed by atoms with Gasteiger partial charge in [0.25, 0.3) is 5.91 Å². The van der Waals surface area contributed by atoms with Crippen molar-refractivity contribution in [3.63, 3.8) is 0 Å². The van der Waals surface area contributed by atoms with Gasteiger partial charge in [0.15, 0.2) is 11.5 Å². The summed E-state index contributed by atoms with van der Waals surface area (Å²) in [4.78, 5) is 15.8. The Labute approximate surface area is 180 Å². The fourth-order valence-electron chi connectivity index (χ4n) is 4.53. The fraction of sp³-hybridized carbons (Fsp3) is 0.0741. The number of hydrogen-bond donors (Lipinski definition) is 0. The highest BCUT2D eigenvalue weighted by atomic mass is 16.7. The Kier molecular flexibility index (Phi) is 4.03. The second kappa shape index (κ2) is 7.03. The molecule has 31 heavy (non-hydrogen) atoms. The quantitative estimate of drug-likeness (QED) is 0.421. The van der Waals surface area contributed by atoms with Gasteiger partial charge in [0.05, 0.1) is 11.7 Å². The summed E-state index contributed by atoms with van der Waals surface area (Å²) in [5.74, 6) is 1.40. The summed E-state index contributed by atoms with van der Waals surface area (Å²) >= 11 is 0. The van der Waals surface area contributed by atoms with E-state index in [2.05, 4.69) is 18.2 Å². The SMILES string of the molecule is O=C(c1ccccc1)N1c2ccccc2-c2ccccc2C1c1ccc2c(c1)OCO2. The third-order valence-electron chi connectivity index (χ3n) is 5.92. The molecule has 2 aliphatic heterocycles. The lowest BCUT2D eigenvalue weighted by Crippen LogP contribution is -2.38. The van der Waals surface area contributed by atoms with Crippen LogP contribution in [-0.2, 0) is 0 Å². The summed E-state index contributed by atoms with van der Waals surface area (Å²) in [7, 11) is 0. The highest BCUT2D eigenvalue weighted by Crippen LogP contribution is 2.48. The lowest BCUT2D eigenvalue weighted by molar-refractivity contribution is 0.0979. The summed E-state index contributed by atoms with van der Waals surface area (Å²) < 4.78 is 11.1. The lowest BCUT2D eigenvalue weighted by atomic mass is 9.84. The number of hydrogen-bond acceptors (Lipinski definition) is 3. The van der Waals surface area contributed by atoms with Crippen molar-refractivity contribution in [2.75, 3.05) is 11.7 Å². The van der Waals surface area contributed by atoms with Crippen LogP contribution in [-0.4, -0.2) is 12.7 Å². The monoisotopic (exact) mass is 405 g/mol. The predicted molar refractivity (Wildman–Crippen MR) is 120 cm³/mol. The van der Waals surface area contributed by atoms with E-state index in [0.29, 0.717) is 11.3 Å². The zero-order valence-electron chi connectivity index (χ0n) is 16.7. The van der Waals surface area contributed by atoms with Crippen molar-refractivity contribution in [3.05, 3.63) is 114 Å². The van der Waals surface area contributed by atoms with Crippen LogP contribution in [0, 0.1) is 0 Å². The maximum Gasteiger partial charge on any atom is 0.259 e. The molecular weight excluding hydrogens is 386 g/mol. The van der Waals surface area contributed by atoms with E-state index in [9.17, 15) is 4.79 Å². The molecule has 0 saturated carbocycles. The Morgan fingerprint density at radius 3 is 2.32 bits per heavy atom. The number of para-hydroxylation sites is 1. The molecule has 6 rings (SSSR count). The van der Waals surface area contributed by atoms with Crippen LogP contribution in [0.5, 0.6) is 11.5 Å². The van der Waals surface area contributed by atoms with E-state index in [1.165, 1.54) is 0 Å². The lowest BCUT2D eigenvalue weighted by Gasteiger charge is -2.39. The van der Waals surface area contributed by atoms with Crippen LogP contribution in [0.4, 0.5) is 5.69 Å². The van der Waals surface area contributed by atoms with E-state index in [-0.39, 0.29) is 18.7 Å². The Bertz CT molecular complexity index is 1300. The van der Waals surface area contributed by atoms with Gasteiger partial charge in [-0.2, -0.15) is 0 Å². The second-order valence-electron chi connectivity index (χ2n) is 7.66. The van der Waals surface area contributed by atoms with Crippen molar-refractivity contribution in [1.29, 1.82) is 0 Å². The summed E-state index contributed by atoms with van der Waals surface area (Å²) in [5.41, 5.74) is 5.82. The van der Waals surface area contributed by atoms with E-state index in [4.69, 9.17) is 9.47 Å². The van der Waals surface area contributed by atoms with Gasteiger partial charge < -0.3 is 9.47 Å². The molecule has 2 heterocycles. The summed E-state index contributed by atoms with van der Waals surface area (Å²) in [6, 6.07) is 31.5. The number of carbonyl (C=O) groups is 1. The molecule has 0 bridgehead atoms. The van der Waals surface area contributed by atoms with Gasteiger partial charge in [0, 0.05) is 11.1 Å². The van der Waals surface area contributed by atoms with E-state index < -0.39 is 0 Å². The number of nitrogens with zero attached hydrogens (tertiary/aromatic N) is 1. The number of rotatable bonds is 2. The molecular formula is C27H19NO3. The minimum absolute atomic E-state index is 0.0368. The molecule has 1 atom stereocenters. The normalized spacial score (nSPS) is 15.9.